The van der Waals surface area contributed by atoms with Gasteiger partial charge in [0, 0.05) is 43.7 Å². The van der Waals surface area contributed by atoms with Crippen molar-refractivity contribution < 1.29 is 4.79 Å². The molecule has 3 heterocycles. The molecule has 2 aliphatic heterocycles. The van der Waals surface area contributed by atoms with Crippen molar-refractivity contribution in [2.24, 2.45) is 0 Å². The number of fused-ring (bicyclic) bond motifs is 1. The van der Waals surface area contributed by atoms with Crippen molar-refractivity contribution in [1.82, 2.24) is 18.5 Å². The Balaban J connectivity index is 1.35. The van der Waals surface area contributed by atoms with Crippen molar-refractivity contribution in [1.29, 1.82) is 0 Å². The Kier molecular flexibility index (Phi) is 4.86. The van der Waals surface area contributed by atoms with E-state index in [0.29, 0.717) is 6.04 Å². The number of carbonyl (C=O) groups is 1. The molecule has 24 heavy (non-hydrogen) atoms. The molecule has 0 radical (unpaired) electrons. The minimum atomic E-state index is -0.0249. The first kappa shape index (κ1) is 16.1. The molecule has 128 valence electrons. The molecule has 0 saturated carbocycles. The first-order valence-corrected chi connectivity index (χ1v) is 10.3. The fourth-order valence-corrected chi connectivity index (χ4v) is 4.96. The van der Waals surface area contributed by atoms with Crippen LogP contribution in [0, 0.1) is 0 Å². The molecule has 1 N–H and O–H groups in total. The molecule has 2 aromatic rings. The van der Waals surface area contributed by atoms with Crippen LogP contribution in [0.25, 0.3) is 11.0 Å². The van der Waals surface area contributed by atoms with Crippen molar-refractivity contribution in [3.63, 3.8) is 0 Å². The average Bonchev–Trinajstić information content (AvgIpc) is 3.12. The van der Waals surface area contributed by atoms with Crippen molar-refractivity contribution in [2.75, 3.05) is 43.0 Å². The Hall–Kier alpha value is -1.38. The molecule has 4 rings (SSSR count). The summed E-state index contributed by atoms with van der Waals surface area (Å²) < 4.78 is 8.50. The molecule has 6 nitrogen and oxygen atoms in total. The Bertz CT molecular complexity index is 707. The van der Waals surface area contributed by atoms with Gasteiger partial charge in [0.1, 0.15) is 11.0 Å². The maximum absolute atomic E-state index is 12.6. The lowest BCUT2D eigenvalue weighted by Gasteiger charge is -2.40. The second-order valence-electron chi connectivity index (χ2n) is 6.23. The van der Waals surface area contributed by atoms with E-state index in [0.717, 1.165) is 42.7 Å². The van der Waals surface area contributed by atoms with Crippen LogP contribution < -0.4 is 5.32 Å². The quantitative estimate of drug-likeness (QED) is 0.889. The number of thioether (sulfide) groups is 1. The van der Waals surface area contributed by atoms with E-state index in [9.17, 15) is 4.79 Å². The van der Waals surface area contributed by atoms with E-state index in [1.165, 1.54) is 36.3 Å². The third kappa shape index (κ3) is 3.36. The smallest absolute Gasteiger partial charge is 0.321 e. The Morgan fingerprint density at radius 3 is 2.71 bits per heavy atom. The highest BCUT2D eigenvalue weighted by Gasteiger charge is 2.27. The molecule has 2 fully saturated rings. The lowest BCUT2D eigenvalue weighted by Crippen LogP contribution is -2.49. The molecule has 0 spiro atoms. The summed E-state index contributed by atoms with van der Waals surface area (Å²) in [6.45, 7) is 4.04. The number of benzene rings is 1. The van der Waals surface area contributed by atoms with Gasteiger partial charge in [-0.1, -0.05) is 6.07 Å². The highest BCUT2D eigenvalue weighted by molar-refractivity contribution is 7.99. The van der Waals surface area contributed by atoms with Crippen molar-refractivity contribution in [3.8, 4) is 0 Å². The van der Waals surface area contributed by atoms with Crippen LogP contribution >= 0.6 is 23.5 Å². The van der Waals surface area contributed by atoms with Gasteiger partial charge in [0.15, 0.2) is 0 Å². The Morgan fingerprint density at radius 1 is 1.12 bits per heavy atom. The van der Waals surface area contributed by atoms with Gasteiger partial charge in [-0.05, 0) is 25.0 Å². The standard InChI is InChI=1S/C16H21N5OS2/c22-16(17-13-2-1-3-14-15(13)19-24-18-14)21-6-4-12(5-7-21)20-8-10-23-11-9-20/h1-3,12H,4-11H2,(H,17,22). The third-order valence-corrected chi connectivity index (χ3v) is 6.33. The number of amides is 2. The fourth-order valence-electron chi connectivity index (χ4n) is 3.48. The molecule has 8 heteroatoms. The maximum Gasteiger partial charge on any atom is 0.321 e. The van der Waals surface area contributed by atoms with E-state index in [1.54, 1.807) is 0 Å². The normalized spacial score (nSPS) is 20.4. The van der Waals surface area contributed by atoms with Gasteiger partial charge < -0.3 is 10.2 Å². The van der Waals surface area contributed by atoms with E-state index in [-0.39, 0.29) is 6.03 Å². The Labute approximate surface area is 149 Å². The minimum Gasteiger partial charge on any atom is -0.324 e. The molecular weight excluding hydrogens is 342 g/mol. The number of nitrogens with one attached hydrogen (secondary N) is 1. The van der Waals surface area contributed by atoms with Gasteiger partial charge in [-0.25, -0.2) is 4.79 Å². The topological polar surface area (TPSA) is 61.4 Å². The van der Waals surface area contributed by atoms with Crippen LogP contribution in [0.4, 0.5) is 10.5 Å². The minimum absolute atomic E-state index is 0.0249. The Morgan fingerprint density at radius 2 is 1.92 bits per heavy atom. The second kappa shape index (κ2) is 7.25. The monoisotopic (exact) mass is 363 g/mol. The summed E-state index contributed by atoms with van der Waals surface area (Å²) in [5, 5.41) is 3.01. The number of urea groups is 1. The van der Waals surface area contributed by atoms with Gasteiger partial charge in [0.2, 0.25) is 0 Å². The van der Waals surface area contributed by atoms with Crippen LogP contribution in [0.5, 0.6) is 0 Å². The summed E-state index contributed by atoms with van der Waals surface area (Å²) in [7, 11) is 0. The number of rotatable bonds is 2. The number of nitrogens with zero attached hydrogens (tertiary/aromatic N) is 4. The van der Waals surface area contributed by atoms with Crippen LogP contribution in [-0.4, -0.2) is 68.3 Å². The van der Waals surface area contributed by atoms with Gasteiger partial charge in [0.05, 0.1) is 17.4 Å². The zero-order chi connectivity index (χ0) is 16.4. The molecule has 0 bridgehead atoms. The largest absolute Gasteiger partial charge is 0.324 e. The van der Waals surface area contributed by atoms with E-state index >= 15 is 0 Å². The molecular formula is C16H21N5OS2. The summed E-state index contributed by atoms with van der Waals surface area (Å²) in [4.78, 5) is 17.1. The van der Waals surface area contributed by atoms with Gasteiger partial charge in [-0.2, -0.15) is 20.5 Å². The van der Waals surface area contributed by atoms with Crippen molar-refractivity contribution >= 4 is 46.2 Å². The molecule has 1 aromatic heterocycles. The number of hydrogen-bond acceptors (Lipinski definition) is 6. The first-order chi connectivity index (χ1) is 11.8. The lowest BCUT2D eigenvalue weighted by atomic mass is 10.0. The lowest BCUT2D eigenvalue weighted by molar-refractivity contribution is 0.130. The molecule has 0 aliphatic carbocycles. The molecule has 1 aromatic carbocycles. The number of likely N-dealkylation sites (tertiary alicyclic amines) is 1. The van der Waals surface area contributed by atoms with E-state index in [4.69, 9.17) is 0 Å². The highest BCUT2D eigenvalue weighted by atomic mass is 32.2. The molecule has 0 unspecified atom stereocenters. The van der Waals surface area contributed by atoms with Crippen LogP contribution in [-0.2, 0) is 0 Å². The number of anilines is 1. The third-order valence-electron chi connectivity index (χ3n) is 4.84. The van der Waals surface area contributed by atoms with Gasteiger partial charge in [0.25, 0.3) is 0 Å². The van der Waals surface area contributed by atoms with E-state index < -0.39 is 0 Å². The number of carbonyl (C=O) groups excluding carboxylic acids is 1. The predicted molar refractivity (Wildman–Crippen MR) is 99.9 cm³/mol. The van der Waals surface area contributed by atoms with Crippen LogP contribution in [0.1, 0.15) is 12.8 Å². The van der Waals surface area contributed by atoms with Crippen LogP contribution in [0.15, 0.2) is 18.2 Å². The van der Waals surface area contributed by atoms with Gasteiger partial charge in [-0.3, -0.25) is 4.90 Å². The first-order valence-electron chi connectivity index (χ1n) is 8.40. The summed E-state index contributed by atoms with van der Waals surface area (Å²) in [6.07, 6.45) is 2.14. The fraction of sp³-hybridized carbons (Fsp3) is 0.562. The van der Waals surface area contributed by atoms with Crippen LogP contribution in [0.2, 0.25) is 0 Å². The van der Waals surface area contributed by atoms with Gasteiger partial charge >= 0.3 is 6.03 Å². The van der Waals surface area contributed by atoms with E-state index in [1.807, 2.05) is 34.9 Å². The van der Waals surface area contributed by atoms with Crippen LogP contribution in [0.3, 0.4) is 0 Å². The summed E-state index contributed by atoms with van der Waals surface area (Å²) >= 11 is 3.22. The summed E-state index contributed by atoms with van der Waals surface area (Å²) in [5.41, 5.74) is 2.36. The molecule has 2 aliphatic rings. The maximum atomic E-state index is 12.6. The van der Waals surface area contributed by atoms with Gasteiger partial charge in [-0.15, -0.1) is 0 Å². The second-order valence-corrected chi connectivity index (χ2v) is 7.99. The summed E-state index contributed by atoms with van der Waals surface area (Å²) in [5.74, 6) is 2.48. The highest BCUT2D eigenvalue weighted by Crippen LogP contribution is 2.23. The molecule has 2 amide bonds. The SMILES string of the molecule is O=C(Nc1cccc2nsnc12)N1CCC(N2CCSCC2)CC1. The zero-order valence-corrected chi connectivity index (χ0v) is 15.1. The van der Waals surface area contributed by atoms with E-state index in [2.05, 4.69) is 19.0 Å². The van der Waals surface area contributed by atoms with Crippen molar-refractivity contribution in [2.45, 2.75) is 18.9 Å². The zero-order valence-electron chi connectivity index (χ0n) is 13.5. The predicted octanol–water partition coefficient (Wildman–Crippen LogP) is 2.74. The molecule has 2 saturated heterocycles. The number of aromatic nitrogens is 2. The average molecular weight is 364 g/mol. The molecule has 0 atom stereocenters. The van der Waals surface area contributed by atoms with Crippen molar-refractivity contribution in [3.05, 3.63) is 18.2 Å². The number of piperidine rings is 1. The number of hydrogen-bond donors (Lipinski definition) is 1. The summed E-state index contributed by atoms with van der Waals surface area (Å²) in [6, 6.07) is 6.32.